The summed E-state index contributed by atoms with van der Waals surface area (Å²) in [5.74, 6) is -0.240. The van der Waals surface area contributed by atoms with Gasteiger partial charge in [0.25, 0.3) is 0 Å². The molecule has 0 atom stereocenters. The minimum absolute atomic E-state index is 0.0826. The van der Waals surface area contributed by atoms with Crippen molar-refractivity contribution in [2.75, 3.05) is 22.9 Å². The van der Waals surface area contributed by atoms with Crippen LogP contribution in [0.1, 0.15) is 5.56 Å². The molecule has 0 aliphatic rings. The summed E-state index contributed by atoms with van der Waals surface area (Å²) in [4.78, 5) is 0. The zero-order valence-corrected chi connectivity index (χ0v) is 6.76. The molecule has 0 saturated heterocycles. The van der Waals surface area contributed by atoms with Gasteiger partial charge in [0, 0.05) is 0 Å². The minimum Gasteiger partial charge on any atom is -0.504 e. The fraction of sp³-hybridized carbons (Fsp3) is 0.143. The van der Waals surface area contributed by atoms with E-state index < -0.39 is 0 Å². The SMILES string of the molecule is Cc1c(N)c(N)c(O)c(N)c1N. The standard InChI is InChI=1S/C7H12N4O/c1-2-3(8)5(10)7(12)6(11)4(2)9/h12H,8-11H2,1H3. The first-order valence-corrected chi connectivity index (χ1v) is 3.38. The fourth-order valence-electron chi connectivity index (χ4n) is 0.949. The molecule has 1 aromatic carbocycles. The molecule has 0 aliphatic heterocycles. The van der Waals surface area contributed by atoms with Gasteiger partial charge in [-0.2, -0.15) is 0 Å². The Hall–Kier alpha value is -1.78. The van der Waals surface area contributed by atoms with Crippen molar-refractivity contribution in [1.82, 2.24) is 0 Å². The summed E-state index contributed by atoms with van der Waals surface area (Å²) in [6, 6.07) is 0. The molecule has 5 heteroatoms. The van der Waals surface area contributed by atoms with E-state index in [-0.39, 0.29) is 28.5 Å². The fourth-order valence-corrected chi connectivity index (χ4v) is 0.949. The zero-order valence-electron chi connectivity index (χ0n) is 6.76. The normalized spacial score (nSPS) is 10.1. The van der Waals surface area contributed by atoms with Gasteiger partial charge in [0.1, 0.15) is 0 Å². The van der Waals surface area contributed by atoms with Crippen LogP contribution in [-0.2, 0) is 0 Å². The Morgan fingerprint density at radius 3 is 1.50 bits per heavy atom. The molecular weight excluding hydrogens is 156 g/mol. The smallest absolute Gasteiger partial charge is 0.165 e. The largest absolute Gasteiger partial charge is 0.504 e. The first kappa shape index (κ1) is 8.32. The van der Waals surface area contributed by atoms with Crippen LogP contribution in [0.4, 0.5) is 22.7 Å². The number of hydrogen-bond acceptors (Lipinski definition) is 5. The Morgan fingerprint density at radius 1 is 0.833 bits per heavy atom. The average molecular weight is 168 g/mol. The van der Waals surface area contributed by atoms with E-state index in [1.165, 1.54) is 0 Å². The molecule has 0 fully saturated rings. The summed E-state index contributed by atoms with van der Waals surface area (Å²) in [5, 5.41) is 9.28. The molecule has 12 heavy (non-hydrogen) atoms. The van der Waals surface area contributed by atoms with Crippen molar-refractivity contribution in [2.24, 2.45) is 0 Å². The number of benzene rings is 1. The summed E-state index contributed by atoms with van der Waals surface area (Å²) in [6.45, 7) is 1.69. The first-order valence-electron chi connectivity index (χ1n) is 3.38. The van der Waals surface area contributed by atoms with Crippen LogP contribution in [0.3, 0.4) is 0 Å². The number of hydrogen-bond donors (Lipinski definition) is 5. The number of nitrogens with two attached hydrogens (primary N) is 4. The highest BCUT2D eigenvalue weighted by molar-refractivity contribution is 5.90. The number of phenols is 1. The maximum atomic E-state index is 9.28. The van der Waals surface area contributed by atoms with Gasteiger partial charge in [0.15, 0.2) is 5.75 Å². The maximum Gasteiger partial charge on any atom is 0.165 e. The van der Waals surface area contributed by atoms with E-state index in [1.54, 1.807) is 6.92 Å². The van der Waals surface area contributed by atoms with Gasteiger partial charge in [-0.1, -0.05) is 0 Å². The summed E-state index contributed by atoms with van der Waals surface area (Å²) in [7, 11) is 0. The molecule has 0 heterocycles. The molecule has 0 bridgehead atoms. The number of phenolic OH excluding ortho intramolecular Hbond substituents is 1. The van der Waals surface area contributed by atoms with Crippen LogP contribution in [0.15, 0.2) is 0 Å². The van der Waals surface area contributed by atoms with Gasteiger partial charge in [-0.15, -0.1) is 0 Å². The molecule has 0 radical (unpaired) electrons. The Kier molecular flexibility index (Phi) is 1.64. The number of rotatable bonds is 0. The van der Waals surface area contributed by atoms with Gasteiger partial charge in [-0.05, 0) is 12.5 Å². The highest BCUT2D eigenvalue weighted by atomic mass is 16.3. The lowest BCUT2D eigenvalue weighted by atomic mass is 10.1. The summed E-state index contributed by atoms with van der Waals surface area (Å²) in [6.07, 6.45) is 0. The molecule has 66 valence electrons. The molecule has 0 unspecified atom stereocenters. The van der Waals surface area contributed by atoms with E-state index in [0.29, 0.717) is 5.56 Å². The van der Waals surface area contributed by atoms with E-state index in [9.17, 15) is 5.11 Å². The van der Waals surface area contributed by atoms with Gasteiger partial charge >= 0.3 is 0 Å². The van der Waals surface area contributed by atoms with Crippen molar-refractivity contribution in [3.8, 4) is 5.75 Å². The molecule has 0 amide bonds. The number of anilines is 4. The Balaban J connectivity index is 3.60. The summed E-state index contributed by atoms with van der Waals surface area (Å²) >= 11 is 0. The first-order chi connectivity index (χ1) is 5.46. The molecule has 1 rings (SSSR count). The monoisotopic (exact) mass is 168 g/mol. The number of nitrogen functional groups attached to an aromatic ring is 4. The second-order valence-corrected chi connectivity index (χ2v) is 2.63. The zero-order chi connectivity index (χ0) is 9.46. The third kappa shape index (κ3) is 0.868. The van der Waals surface area contributed by atoms with Gasteiger partial charge in [0.2, 0.25) is 0 Å². The number of aromatic hydroxyl groups is 1. The van der Waals surface area contributed by atoms with E-state index in [1.807, 2.05) is 0 Å². The van der Waals surface area contributed by atoms with Gasteiger partial charge in [-0.3, -0.25) is 0 Å². The average Bonchev–Trinajstić information content (AvgIpc) is 2.08. The van der Waals surface area contributed by atoms with Crippen LogP contribution >= 0.6 is 0 Å². The lowest BCUT2D eigenvalue weighted by molar-refractivity contribution is 0.481. The molecule has 9 N–H and O–H groups in total. The van der Waals surface area contributed by atoms with E-state index >= 15 is 0 Å². The quantitative estimate of drug-likeness (QED) is 0.276. The lowest BCUT2D eigenvalue weighted by Crippen LogP contribution is -2.05. The molecule has 0 spiro atoms. The summed E-state index contributed by atoms with van der Waals surface area (Å²) < 4.78 is 0. The van der Waals surface area contributed by atoms with Crippen LogP contribution < -0.4 is 22.9 Å². The second kappa shape index (κ2) is 2.37. The molecule has 0 aliphatic carbocycles. The third-order valence-corrected chi connectivity index (χ3v) is 1.90. The molecule has 1 aromatic rings. The van der Waals surface area contributed by atoms with Crippen LogP contribution in [0.25, 0.3) is 0 Å². The van der Waals surface area contributed by atoms with E-state index in [0.717, 1.165) is 0 Å². The highest BCUT2D eigenvalue weighted by Gasteiger charge is 2.13. The Labute approximate surface area is 70.0 Å². The summed E-state index contributed by atoms with van der Waals surface area (Å²) in [5.41, 5.74) is 23.3. The van der Waals surface area contributed by atoms with Crippen LogP contribution in [-0.4, -0.2) is 5.11 Å². The Morgan fingerprint density at radius 2 is 1.17 bits per heavy atom. The van der Waals surface area contributed by atoms with Crippen molar-refractivity contribution in [2.45, 2.75) is 6.92 Å². The van der Waals surface area contributed by atoms with Gasteiger partial charge in [0.05, 0.1) is 22.7 Å². The lowest BCUT2D eigenvalue weighted by Gasteiger charge is -2.12. The van der Waals surface area contributed by atoms with Gasteiger partial charge in [-0.25, -0.2) is 0 Å². The topological polar surface area (TPSA) is 124 Å². The highest BCUT2D eigenvalue weighted by Crippen LogP contribution is 2.40. The van der Waals surface area contributed by atoms with Crippen LogP contribution in [0, 0.1) is 6.92 Å². The third-order valence-electron chi connectivity index (χ3n) is 1.90. The van der Waals surface area contributed by atoms with Crippen molar-refractivity contribution in [3.05, 3.63) is 5.56 Å². The van der Waals surface area contributed by atoms with Crippen molar-refractivity contribution < 1.29 is 5.11 Å². The predicted octanol–water partition coefficient (Wildman–Crippen LogP) is 0.0294. The van der Waals surface area contributed by atoms with Crippen molar-refractivity contribution in [1.29, 1.82) is 0 Å². The maximum absolute atomic E-state index is 9.28. The van der Waals surface area contributed by atoms with E-state index in [4.69, 9.17) is 22.9 Å². The second-order valence-electron chi connectivity index (χ2n) is 2.63. The van der Waals surface area contributed by atoms with Gasteiger partial charge < -0.3 is 28.0 Å². The van der Waals surface area contributed by atoms with Crippen LogP contribution in [0.2, 0.25) is 0 Å². The predicted molar refractivity (Wildman–Crippen MR) is 50.5 cm³/mol. The van der Waals surface area contributed by atoms with Crippen LogP contribution in [0.5, 0.6) is 5.75 Å². The van der Waals surface area contributed by atoms with E-state index in [2.05, 4.69) is 0 Å². The molecule has 0 saturated carbocycles. The van der Waals surface area contributed by atoms with Crippen molar-refractivity contribution >= 4 is 22.7 Å². The molecule has 0 aromatic heterocycles. The minimum atomic E-state index is -0.240. The Bertz CT molecular complexity index is 230. The van der Waals surface area contributed by atoms with Crippen molar-refractivity contribution in [3.63, 3.8) is 0 Å². The molecule has 5 nitrogen and oxygen atoms in total. The molecular formula is C7H12N4O.